The molecular weight excluding hydrogens is 226 g/mol. The van der Waals surface area contributed by atoms with E-state index in [-0.39, 0.29) is 6.10 Å². The molecule has 1 unspecified atom stereocenters. The first kappa shape index (κ1) is 13.4. The van der Waals surface area contributed by atoms with Gasteiger partial charge >= 0.3 is 0 Å². The molecule has 0 saturated heterocycles. The second-order valence-electron chi connectivity index (χ2n) is 5.25. The SMILES string of the molecule is Cc1ccc(OCCC(C)O)c(CNC2CC2)c1. The summed E-state index contributed by atoms with van der Waals surface area (Å²) >= 11 is 0. The fraction of sp³-hybridized carbons (Fsp3) is 0.600. The van der Waals surface area contributed by atoms with Crippen LogP contribution in [-0.2, 0) is 6.54 Å². The van der Waals surface area contributed by atoms with Gasteiger partial charge in [-0.3, -0.25) is 0 Å². The number of benzene rings is 1. The van der Waals surface area contributed by atoms with E-state index in [1.165, 1.54) is 24.0 Å². The molecule has 0 radical (unpaired) electrons. The highest BCUT2D eigenvalue weighted by atomic mass is 16.5. The number of hydrogen-bond donors (Lipinski definition) is 2. The number of aliphatic hydroxyl groups excluding tert-OH is 1. The number of aliphatic hydroxyl groups is 1. The highest BCUT2D eigenvalue weighted by Gasteiger charge is 2.20. The lowest BCUT2D eigenvalue weighted by molar-refractivity contribution is 0.155. The average Bonchev–Trinajstić information content (AvgIpc) is 3.12. The Hall–Kier alpha value is -1.06. The zero-order valence-corrected chi connectivity index (χ0v) is 11.3. The van der Waals surface area contributed by atoms with Gasteiger partial charge < -0.3 is 15.2 Å². The highest BCUT2D eigenvalue weighted by Crippen LogP contribution is 2.23. The van der Waals surface area contributed by atoms with Crippen LogP contribution in [-0.4, -0.2) is 23.9 Å². The van der Waals surface area contributed by atoms with Gasteiger partial charge in [0, 0.05) is 24.6 Å². The van der Waals surface area contributed by atoms with E-state index in [2.05, 4.69) is 24.4 Å². The first-order chi connectivity index (χ1) is 8.65. The van der Waals surface area contributed by atoms with E-state index in [4.69, 9.17) is 4.74 Å². The van der Waals surface area contributed by atoms with Gasteiger partial charge in [-0.15, -0.1) is 0 Å². The molecule has 1 aliphatic rings. The van der Waals surface area contributed by atoms with E-state index in [0.29, 0.717) is 19.1 Å². The van der Waals surface area contributed by atoms with Gasteiger partial charge in [-0.1, -0.05) is 17.7 Å². The van der Waals surface area contributed by atoms with Crippen LogP contribution in [0.2, 0.25) is 0 Å². The van der Waals surface area contributed by atoms with Gasteiger partial charge in [0.15, 0.2) is 0 Å². The zero-order chi connectivity index (χ0) is 13.0. The van der Waals surface area contributed by atoms with Gasteiger partial charge in [0.2, 0.25) is 0 Å². The molecule has 1 fully saturated rings. The number of nitrogens with one attached hydrogen (secondary N) is 1. The standard InChI is InChI=1S/C15H23NO2/c1-11-3-6-15(18-8-7-12(2)17)13(9-11)10-16-14-4-5-14/h3,6,9,12,14,16-17H,4-5,7-8,10H2,1-2H3. The molecule has 1 aromatic carbocycles. The van der Waals surface area contributed by atoms with Crippen molar-refractivity contribution in [3.05, 3.63) is 29.3 Å². The van der Waals surface area contributed by atoms with E-state index in [0.717, 1.165) is 12.3 Å². The Morgan fingerprint density at radius 2 is 2.22 bits per heavy atom. The van der Waals surface area contributed by atoms with E-state index < -0.39 is 0 Å². The van der Waals surface area contributed by atoms with Crippen molar-refractivity contribution < 1.29 is 9.84 Å². The van der Waals surface area contributed by atoms with Crippen LogP contribution in [0.25, 0.3) is 0 Å². The lowest BCUT2D eigenvalue weighted by atomic mass is 10.1. The Morgan fingerprint density at radius 1 is 1.44 bits per heavy atom. The third-order valence-corrected chi connectivity index (χ3v) is 3.17. The fourth-order valence-electron chi connectivity index (χ4n) is 1.87. The summed E-state index contributed by atoms with van der Waals surface area (Å²) in [6, 6.07) is 6.98. The Labute approximate surface area is 109 Å². The summed E-state index contributed by atoms with van der Waals surface area (Å²) < 4.78 is 5.76. The summed E-state index contributed by atoms with van der Waals surface area (Å²) in [5, 5.41) is 12.7. The molecule has 18 heavy (non-hydrogen) atoms. The zero-order valence-electron chi connectivity index (χ0n) is 11.3. The first-order valence-electron chi connectivity index (χ1n) is 6.79. The molecule has 0 spiro atoms. The molecule has 1 atom stereocenters. The molecule has 0 amide bonds. The first-order valence-corrected chi connectivity index (χ1v) is 6.79. The van der Waals surface area contributed by atoms with Gasteiger partial charge in [-0.2, -0.15) is 0 Å². The molecule has 2 N–H and O–H groups in total. The normalized spacial score (nSPS) is 16.6. The number of hydrogen-bond acceptors (Lipinski definition) is 3. The predicted octanol–water partition coefficient (Wildman–Crippen LogP) is 2.40. The second kappa shape index (κ2) is 6.21. The molecule has 0 bridgehead atoms. The van der Waals surface area contributed by atoms with Crippen LogP contribution in [0.3, 0.4) is 0 Å². The lowest BCUT2D eigenvalue weighted by Crippen LogP contribution is -2.16. The van der Waals surface area contributed by atoms with Crippen LogP contribution >= 0.6 is 0 Å². The predicted molar refractivity (Wildman–Crippen MR) is 72.8 cm³/mol. The van der Waals surface area contributed by atoms with Crippen molar-refractivity contribution in [1.82, 2.24) is 5.32 Å². The Balaban J connectivity index is 1.93. The molecule has 0 heterocycles. The third-order valence-electron chi connectivity index (χ3n) is 3.17. The summed E-state index contributed by atoms with van der Waals surface area (Å²) in [6.45, 7) is 5.32. The molecule has 1 saturated carbocycles. The fourth-order valence-corrected chi connectivity index (χ4v) is 1.87. The quantitative estimate of drug-likeness (QED) is 0.779. The van der Waals surface area contributed by atoms with Crippen LogP contribution in [0.1, 0.15) is 37.3 Å². The molecular formula is C15H23NO2. The Kier molecular flexibility index (Phi) is 4.61. The summed E-state index contributed by atoms with van der Waals surface area (Å²) in [4.78, 5) is 0. The van der Waals surface area contributed by atoms with Crippen molar-refractivity contribution in [2.75, 3.05) is 6.61 Å². The molecule has 1 aliphatic carbocycles. The van der Waals surface area contributed by atoms with Gasteiger partial charge in [0.05, 0.1) is 12.7 Å². The molecule has 0 aromatic heterocycles. The highest BCUT2D eigenvalue weighted by molar-refractivity contribution is 5.37. The minimum Gasteiger partial charge on any atom is -0.493 e. The van der Waals surface area contributed by atoms with Gasteiger partial charge in [-0.05, 0) is 32.8 Å². The maximum atomic E-state index is 9.24. The lowest BCUT2D eigenvalue weighted by Gasteiger charge is -2.13. The minimum atomic E-state index is -0.302. The van der Waals surface area contributed by atoms with Crippen molar-refractivity contribution >= 4 is 0 Å². The van der Waals surface area contributed by atoms with E-state index in [1.54, 1.807) is 6.92 Å². The smallest absolute Gasteiger partial charge is 0.123 e. The topological polar surface area (TPSA) is 41.5 Å². The van der Waals surface area contributed by atoms with Crippen molar-refractivity contribution in [3.63, 3.8) is 0 Å². The number of aryl methyl sites for hydroxylation is 1. The monoisotopic (exact) mass is 249 g/mol. The molecule has 2 rings (SSSR count). The maximum absolute atomic E-state index is 9.24. The van der Waals surface area contributed by atoms with Crippen molar-refractivity contribution in [1.29, 1.82) is 0 Å². The Morgan fingerprint density at radius 3 is 2.89 bits per heavy atom. The van der Waals surface area contributed by atoms with Crippen LogP contribution in [0.15, 0.2) is 18.2 Å². The van der Waals surface area contributed by atoms with Crippen LogP contribution < -0.4 is 10.1 Å². The van der Waals surface area contributed by atoms with Crippen molar-refractivity contribution in [3.8, 4) is 5.75 Å². The summed E-state index contributed by atoms with van der Waals surface area (Å²) in [5.74, 6) is 0.939. The molecule has 100 valence electrons. The van der Waals surface area contributed by atoms with E-state index in [1.807, 2.05) is 6.07 Å². The van der Waals surface area contributed by atoms with Crippen molar-refractivity contribution in [2.24, 2.45) is 0 Å². The van der Waals surface area contributed by atoms with Crippen LogP contribution in [0, 0.1) is 6.92 Å². The molecule has 3 nitrogen and oxygen atoms in total. The number of ether oxygens (including phenoxy) is 1. The van der Waals surface area contributed by atoms with E-state index in [9.17, 15) is 5.11 Å². The van der Waals surface area contributed by atoms with Gasteiger partial charge in [-0.25, -0.2) is 0 Å². The van der Waals surface area contributed by atoms with Gasteiger partial charge in [0.25, 0.3) is 0 Å². The summed E-state index contributed by atoms with van der Waals surface area (Å²) in [6.07, 6.45) is 2.96. The van der Waals surface area contributed by atoms with Crippen molar-refractivity contribution in [2.45, 2.75) is 51.8 Å². The van der Waals surface area contributed by atoms with Crippen LogP contribution in [0.4, 0.5) is 0 Å². The molecule has 0 aliphatic heterocycles. The molecule has 3 heteroatoms. The Bertz CT molecular complexity index is 386. The summed E-state index contributed by atoms with van der Waals surface area (Å²) in [5.41, 5.74) is 2.47. The van der Waals surface area contributed by atoms with E-state index >= 15 is 0 Å². The van der Waals surface area contributed by atoms with Gasteiger partial charge in [0.1, 0.15) is 5.75 Å². The number of rotatable bonds is 7. The third kappa shape index (κ3) is 4.31. The minimum absolute atomic E-state index is 0.302. The maximum Gasteiger partial charge on any atom is 0.123 e. The summed E-state index contributed by atoms with van der Waals surface area (Å²) in [7, 11) is 0. The van der Waals surface area contributed by atoms with Crippen LogP contribution in [0.5, 0.6) is 5.75 Å². The largest absolute Gasteiger partial charge is 0.493 e. The second-order valence-corrected chi connectivity index (χ2v) is 5.25. The average molecular weight is 249 g/mol. The molecule has 1 aromatic rings.